The van der Waals surface area contributed by atoms with Gasteiger partial charge in [-0.15, -0.1) is 23.7 Å². The second kappa shape index (κ2) is 6.73. The number of halogens is 2. The molecule has 7 heteroatoms. The van der Waals surface area contributed by atoms with Gasteiger partial charge < -0.3 is 15.7 Å². The molecule has 1 atom stereocenters. The highest BCUT2D eigenvalue weighted by atomic mass is 35.5. The van der Waals surface area contributed by atoms with Crippen molar-refractivity contribution in [2.75, 3.05) is 19.6 Å². The summed E-state index contributed by atoms with van der Waals surface area (Å²) >= 11 is 7.17. The molecule has 0 radical (unpaired) electrons. The second-order valence-corrected chi connectivity index (χ2v) is 5.61. The number of thiophene rings is 1. The third-order valence-corrected chi connectivity index (χ3v) is 4.19. The van der Waals surface area contributed by atoms with Crippen LogP contribution in [0.1, 0.15) is 22.5 Å². The van der Waals surface area contributed by atoms with Crippen LogP contribution in [0.25, 0.3) is 0 Å². The number of β-amino-alcohol motifs (C(OH)–C–C–N with tert-alkyl or cyclic N) is 1. The number of hydrogen-bond donors (Lipinski definition) is 3. The molecular formula is C11H16Cl2N2O2S. The molecule has 1 aromatic heterocycles. The van der Waals surface area contributed by atoms with Crippen LogP contribution in [-0.2, 0) is 0 Å². The zero-order chi connectivity index (χ0) is 12.3. The van der Waals surface area contributed by atoms with E-state index in [9.17, 15) is 9.90 Å². The minimum absolute atomic E-state index is 0. The molecule has 0 saturated carbocycles. The third-order valence-electron chi connectivity index (χ3n) is 2.85. The summed E-state index contributed by atoms with van der Waals surface area (Å²) in [6.45, 7) is 1.70. The van der Waals surface area contributed by atoms with E-state index in [1.54, 1.807) is 11.4 Å². The zero-order valence-electron chi connectivity index (χ0n) is 9.74. The van der Waals surface area contributed by atoms with E-state index in [2.05, 4.69) is 10.6 Å². The Hall–Kier alpha value is -0.330. The average molecular weight is 311 g/mol. The SMILES string of the molecule is Cl.O=C(NCC1(O)CCCNC1)c1sccc1Cl. The molecule has 102 valence electrons. The Morgan fingerprint density at radius 3 is 3.00 bits per heavy atom. The lowest BCUT2D eigenvalue weighted by molar-refractivity contribution is 0.0170. The summed E-state index contributed by atoms with van der Waals surface area (Å²) in [5, 5.41) is 18.3. The summed E-state index contributed by atoms with van der Waals surface area (Å²) in [4.78, 5) is 12.3. The lowest BCUT2D eigenvalue weighted by atomic mass is 9.94. The van der Waals surface area contributed by atoms with Gasteiger partial charge in [0.25, 0.3) is 5.91 Å². The van der Waals surface area contributed by atoms with Crippen LogP contribution >= 0.6 is 35.3 Å². The quantitative estimate of drug-likeness (QED) is 0.796. The molecule has 1 amide bonds. The van der Waals surface area contributed by atoms with Crippen LogP contribution in [0.3, 0.4) is 0 Å². The van der Waals surface area contributed by atoms with Gasteiger partial charge in [-0.05, 0) is 30.8 Å². The van der Waals surface area contributed by atoms with E-state index in [1.165, 1.54) is 11.3 Å². The van der Waals surface area contributed by atoms with E-state index in [0.717, 1.165) is 13.0 Å². The Bertz CT molecular complexity index is 406. The number of nitrogens with one attached hydrogen (secondary N) is 2. The molecule has 1 aliphatic rings. The van der Waals surface area contributed by atoms with Crippen molar-refractivity contribution in [2.45, 2.75) is 18.4 Å². The fourth-order valence-electron chi connectivity index (χ4n) is 1.88. The first-order chi connectivity index (χ1) is 8.11. The van der Waals surface area contributed by atoms with Gasteiger partial charge >= 0.3 is 0 Å². The summed E-state index contributed by atoms with van der Waals surface area (Å²) < 4.78 is 0. The van der Waals surface area contributed by atoms with Crippen molar-refractivity contribution in [3.05, 3.63) is 21.3 Å². The molecule has 1 fully saturated rings. The highest BCUT2D eigenvalue weighted by Gasteiger charge is 2.29. The van der Waals surface area contributed by atoms with Crippen LogP contribution < -0.4 is 10.6 Å². The molecule has 1 aromatic rings. The molecule has 1 aliphatic heterocycles. The van der Waals surface area contributed by atoms with Crippen LogP contribution in [0, 0.1) is 0 Å². The van der Waals surface area contributed by atoms with Gasteiger partial charge in [0.2, 0.25) is 0 Å². The summed E-state index contributed by atoms with van der Waals surface area (Å²) in [6, 6.07) is 1.69. The molecular weight excluding hydrogens is 295 g/mol. The van der Waals surface area contributed by atoms with Gasteiger partial charge in [-0.1, -0.05) is 11.6 Å². The van der Waals surface area contributed by atoms with Gasteiger partial charge in [0.05, 0.1) is 10.6 Å². The first kappa shape index (κ1) is 15.7. The molecule has 0 aromatic carbocycles. The number of amides is 1. The van der Waals surface area contributed by atoms with Gasteiger partial charge in [0, 0.05) is 13.1 Å². The van der Waals surface area contributed by atoms with Crippen LogP contribution in [-0.4, -0.2) is 36.2 Å². The molecule has 0 aliphatic carbocycles. The maximum atomic E-state index is 11.8. The predicted molar refractivity (Wildman–Crippen MR) is 76.0 cm³/mol. The van der Waals surface area contributed by atoms with Crippen molar-refractivity contribution in [3.63, 3.8) is 0 Å². The Kier molecular flexibility index (Phi) is 5.88. The first-order valence-corrected chi connectivity index (χ1v) is 6.81. The molecule has 1 saturated heterocycles. The van der Waals surface area contributed by atoms with Crippen LogP contribution in [0.4, 0.5) is 0 Å². The minimum Gasteiger partial charge on any atom is -0.387 e. The van der Waals surface area contributed by atoms with Crippen molar-refractivity contribution in [1.82, 2.24) is 10.6 Å². The van der Waals surface area contributed by atoms with E-state index in [0.29, 0.717) is 22.9 Å². The molecule has 0 bridgehead atoms. The lowest BCUT2D eigenvalue weighted by Gasteiger charge is -2.32. The van der Waals surface area contributed by atoms with Crippen molar-refractivity contribution in [1.29, 1.82) is 0 Å². The maximum Gasteiger partial charge on any atom is 0.262 e. The summed E-state index contributed by atoms with van der Waals surface area (Å²) in [7, 11) is 0. The standard InChI is InChI=1S/C11H15ClN2O2S.ClH/c12-8-2-5-17-9(8)10(15)14-7-11(16)3-1-4-13-6-11;/h2,5,13,16H,1,3-4,6-7H2,(H,14,15);1H. The largest absolute Gasteiger partial charge is 0.387 e. The first-order valence-electron chi connectivity index (χ1n) is 5.55. The zero-order valence-corrected chi connectivity index (χ0v) is 12.1. The summed E-state index contributed by atoms with van der Waals surface area (Å²) in [5.41, 5.74) is -0.836. The topological polar surface area (TPSA) is 61.4 Å². The Labute approximate surface area is 121 Å². The fraction of sp³-hybridized carbons (Fsp3) is 0.545. The number of carbonyl (C=O) groups excluding carboxylic acids is 1. The van der Waals surface area contributed by atoms with Gasteiger partial charge in [-0.3, -0.25) is 4.79 Å². The highest BCUT2D eigenvalue weighted by molar-refractivity contribution is 7.12. The van der Waals surface area contributed by atoms with Gasteiger partial charge in [-0.25, -0.2) is 0 Å². The normalized spacial score (nSPS) is 23.2. The Morgan fingerprint density at radius 2 is 2.44 bits per heavy atom. The molecule has 4 nitrogen and oxygen atoms in total. The van der Waals surface area contributed by atoms with Crippen molar-refractivity contribution in [2.24, 2.45) is 0 Å². The molecule has 2 rings (SSSR count). The number of carbonyl (C=O) groups is 1. The van der Waals surface area contributed by atoms with E-state index in [-0.39, 0.29) is 24.9 Å². The smallest absolute Gasteiger partial charge is 0.262 e. The van der Waals surface area contributed by atoms with Crippen LogP contribution in [0.2, 0.25) is 5.02 Å². The summed E-state index contributed by atoms with van der Waals surface area (Å²) in [5.74, 6) is -0.219. The van der Waals surface area contributed by atoms with E-state index in [1.807, 2.05) is 0 Å². The molecule has 3 N–H and O–H groups in total. The average Bonchev–Trinajstić information content (AvgIpc) is 2.74. The number of piperidine rings is 1. The summed E-state index contributed by atoms with van der Waals surface area (Å²) in [6.07, 6.45) is 1.63. The van der Waals surface area contributed by atoms with E-state index in [4.69, 9.17) is 11.6 Å². The Balaban J connectivity index is 0.00000162. The number of rotatable bonds is 3. The lowest BCUT2D eigenvalue weighted by Crippen LogP contribution is -2.52. The minimum atomic E-state index is -0.836. The van der Waals surface area contributed by atoms with Gasteiger partial charge in [0.1, 0.15) is 4.88 Å². The highest BCUT2D eigenvalue weighted by Crippen LogP contribution is 2.22. The van der Waals surface area contributed by atoms with Gasteiger partial charge in [0.15, 0.2) is 0 Å². The van der Waals surface area contributed by atoms with Crippen molar-refractivity contribution < 1.29 is 9.90 Å². The van der Waals surface area contributed by atoms with Crippen molar-refractivity contribution >= 4 is 41.3 Å². The van der Waals surface area contributed by atoms with Gasteiger partial charge in [-0.2, -0.15) is 0 Å². The molecule has 2 heterocycles. The van der Waals surface area contributed by atoms with E-state index < -0.39 is 5.60 Å². The second-order valence-electron chi connectivity index (χ2n) is 4.29. The van der Waals surface area contributed by atoms with Crippen molar-refractivity contribution in [3.8, 4) is 0 Å². The fourth-order valence-corrected chi connectivity index (χ4v) is 2.94. The monoisotopic (exact) mass is 310 g/mol. The number of hydrogen-bond acceptors (Lipinski definition) is 4. The van der Waals surface area contributed by atoms with Crippen LogP contribution in [0.15, 0.2) is 11.4 Å². The van der Waals surface area contributed by atoms with Crippen LogP contribution in [0.5, 0.6) is 0 Å². The number of aliphatic hydroxyl groups is 1. The van der Waals surface area contributed by atoms with E-state index >= 15 is 0 Å². The predicted octanol–water partition coefficient (Wildman–Crippen LogP) is 1.67. The third kappa shape index (κ3) is 3.83. The molecule has 1 unspecified atom stereocenters. The molecule has 18 heavy (non-hydrogen) atoms. The Morgan fingerprint density at radius 1 is 1.67 bits per heavy atom. The molecule has 0 spiro atoms. The maximum absolute atomic E-state index is 11.8.